The molecule has 0 aliphatic carbocycles. The standard InChI is InChI=1S/C16H23N3O2/c1-3-5-6-12-16(20)21-15(9-4-2)19-14-11-8-7-10-13(14)17-18-19/h7-8,10-11,15H,3-6,9,12H2,1-2H3. The van der Waals surface area contributed by atoms with Gasteiger partial charge in [0.25, 0.3) is 0 Å². The van der Waals surface area contributed by atoms with Crippen LogP contribution in [0.2, 0.25) is 0 Å². The smallest absolute Gasteiger partial charge is 0.307 e. The maximum atomic E-state index is 12.0. The quantitative estimate of drug-likeness (QED) is 0.547. The molecule has 1 aromatic carbocycles. The van der Waals surface area contributed by atoms with Crippen molar-refractivity contribution in [3.63, 3.8) is 0 Å². The first kappa shape index (κ1) is 15.5. The molecule has 1 unspecified atom stereocenters. The number of carbonyl (C=O) groups is 1. The van der Waals surface area contributed by atoms with Gasteiger partial charge in [0.05, 0.1) is 5.52 Å². The first-order valence-electron chi connectivity index (χ1n) is 7.75. The highest BCUT2D eigenvalue weighted by Gasteiger charge is 2.18. The SMILES string of the molecule is CCCCCC(=O)OC(CCC)n1nnc2ccccc21. The predicted octanol–water partition coefficient (Wildman–Crippen LogP) is 3.85. The number of hydrogen-bond acceptors (Lipinski definition) is 4. The number of hydrogen-bond donors (Lipinski definition) is 0. The van der Waals surface area contributed by atoms with Crippen molar-refractivity contribution in [3.05, 3.63) is 24.3 Å². The van der Waals surface area contributed by atoms with E-state index in [9.17, 15) is 4.79 Å². The topological polar surface area (TPSA) is 57.0 Å². The summed E-state index contributed by atoms with van der Waals surface area (Å²) in [5, 5.41) is 8.28. The summed E-state index contributed by atoms with van der Waals surface area (Å²) in [6.07, 6.45) is 4.80. The fourth-order valence-corrected chi connectivity index (χ4v) is 2.31. The Morgan fingerprint density at radius 1 is 1.24 bits per heavy atom. The van der Waals surface area contributed by atoms with E-state index in [0.29, 0.717) is 6.42 Å². The van der Waals surface area contributed by atoms with Crippen molar-refractivity contribution in [2.24, 2.45) is 0 Å². The molecule has 0 saturated carbocycles. The summed E-state index contributed by atoms with van der Waals surface area (Å²) in [6, 6.07) is 7.72. The van der Waals surface area contributed by atoms with Gasteiger partial charge in [0, 0.05) is 12.8 Å². The molecule has 1 heterocycles. The molecule has 0 aliphatic rings. The Labute approximate surface area is 125 Å². The third kappa shape index (κ3) is 4.03. The molecule has 0 fully saturated rings. The van der Waals surface area contributed by atoms with Crippen molar-refractivity contribution < 1.29 is 9.53 Å². The number of para-hydroxylation sites is 1. The summed E-state index contributed by atoms with van der Waals surface area (Å²) in [4.78, 5) is 12.0. The van der Waals surface area contributed by atoms with Gasteiger partial charge >= 0.3 is 5.97 Å². The maximum Gasteiger partial charge on any atom is 0.307 e. The van der Waals surface area contributed by atoms with Crippen molar-refractivity contribution in [2.45, 2.75) is 58.6 Å². The van der Waals surface area contributed by atoms with Crippen molar-refractivity contribution in [2.75, 3.05) is 0 Å². The van der Waals surface area contributed by atoms with Crippen LogP contribution in [0.25, 0.3) is 11.0 Å². The number of aromatic nitrogens is 3. The van der Waals surface area contributed by atoms with Crippen molar-refractivity contribution >= 4 is 17.0 Å². The average molecular weight is 289 g/mol. The number of carbonyl (C=O) groups excluding carboxylic acids is 1. The van der Waals surface area contributed by atoms with Crippen LogP contribution in [0, 0.1) is 0 Å². The number of fused-ring (bicyclic) bond motifs is 1. The van der Waals surface area contributed by atoms with E-state index >= 15 is 0 Å². The van der Waals surface area contributed by atoms with E-state index in [4.69, 9.17) is 4.74 Å². The lowest BCUT2D eigenvalue weighted by atomic mass is 10.2. The minimum Gasteiger partial charge on any atom is -0.440 e. The largest absolute Gasteiger partial charge is 0.440 e. The zero-order chi connectivity index (χ0) is 15.1. The molecule has 0 N–H and O–H groups in total. The van der Waals surface area contributed by atoms with Gasteiger partial charge in [-0.25, -0.2) is 4.68 Å². The van der Waals surface area contributed by atoms with Crippen LogP contribution in [0.4, 0.5) is 0 Å². The molecule has 5 heteroatoms. The highest BCUT2D eigenvalue weighted by atomic mass is 16.6. The van der Waals surface area contributed by atoms with E-state index in [2.05, 4.69) is 24.2 Å². The van der Waals surface area contributed by atoms with Crippen LogP contribution >= 0.6 is 0 Å². The Bertz CT molecular complexity index is 580. The molecule has 2 rings (SSSR count). The van der Waals surface area contributed by atoms with E-state index in [1.807, 2.05) is 24.3 Å². The highest BCUT2D eigenvalue weighted by molar-refractivity contribution is 5.74. The fourth-order valence-electron chi connectivity index (χ4n) is 2.31. The second-order valence-corrected chi connectivity index (χ2v) is 5.21. The molecule has 0 amide bonds. The number of ether oxygens (including phenoxy) is 1. The van der Waals surface area contributed by atoms with Crippen LogP contribution in [0.1, 0.15) is 58.6 Å². The molecular formula is C16H23N3O2. The number of rotatable bonds is 8. The molecule has 0 spiro atoms. The van der Waals surface area contributed by atoms with Gasteiger partial charge in [-0.05, 0) is 18.6 Å². The molecule has 1 aromatic heterocycles. The van der Waals surface area contributed by atoms with Gasteiger partial charge < -0.3 is 4.74 Å². The maximum absolute atomic E-state index is 12.0. The molecule has 0 bridgehead atoms. The summed E-state index contributed by atoms with van der Waals surface area (Å²) in [5.41, 5.74) is 1.72. The normalized spacial score (nSPS) is 12.5. The minimum atomic E-state index is -0.364. The molecule has 5 nitrogen and oxygen atoms in total. The zero-order valence-electron chi connectivity index (χ0n) is 12.8. The molecule has 21 heavy (non-hydrogen) atoms. The molecule has 0 radical (unpaired) electrons. The highest BCUT2D eigenvalue weighted by Crippen LogP contribution is 2.21. The second kappa shape index (κ2) is 7.76. The summed E-state index contributed by atoms with van der Waals surface area (Å²) in [7, 11) is 0. The lowest BCUT2D eigenvalue weighted by molar-refractivity contribution is -0.155. The molecular weight excluding hydrogens is 266 g/mol. The summed E-state index contributed by atoms with van der Waals surface area (Å²) in [6.45, 7) is 4.18. The van der Waals surface area contributed by atoms with Gasteiger partial charge in [-0.3, -0.25) is 4.79 Å². The summed E-state index contributed by atoms with van der Waals surface area (Å²) >= 11 is 0. The predicted molar refractivity (Wildman–Crippen MR) is 81.7 cm³/mol. The van der Waals surface area contributed by atoms with Gasteiger partial charge in [-0.1, -0.05) is 50.5 Å². The molecule has 114 valence electrons. The molecule has 0 saturated heterocycles. The Kier molecular flexibility index (Phi) is 5.72. The van der Waals surface area contributed by atoms with E-state index < -0.39 is 0 Å². The fraction of sp³-hybridized carbons (Fsp3) is 0.562. The third-order valence-corrected chi connectivity index (χ3v) is 3.44. The van der Waals surface area contributed by atoms with Gasteiger partial charge in [-0.2, -0.15) is 0 Å². The van der Waals surface area contributed by atoms with Gasteiger partial charge in [0.15, 0.2) is 6.23 Å². The lowest BCUT2D eigenvalue weighted by Gasteiger charge is -2.17. The lowest BCUT2D eigenvalue weighted by Crippen LogP contribution is -2.18. The van der Waals surface area contributed by atoms with E-state index in [-0.39, 0.29) is 12.2 Å². The Balaban J connectivity index is 2.09. The van der Waals surface area contributed by atoms with Crippen molar-refractivity contribution in [1.82, 2.24) is 15.0 Å². The van der Waals surface area contributed by atoms with Crippen LogP contribution < -0.4 is 0 Å². The first-order chi connectivity index (χ1) is 10.3. The van der Waals surface area contributed by atoms with Crippen molar-refractivity contribution in [3.8, 4) is 0 Å². The van der Waals surface area contributed by atoms with Crippen LogP contribution in [0.5, 0.6) is 0 Å². The van der Waals surface area contributed by atoms with Crippen LogP contribution in [0.3, 0.4) is 0 Å². The van der Waals surface area contributed by atoms with Crippen LogP contribution in [0.15, 0.2) is 24.3 Å². The number of benzene rings is 1. The Morgan fingerprint density at radius 3 is 2.81 bits per heavy atom. The first-order valence-corrected chi connectivity index (χ1v) is 7.75. The number of esters is 1. The van der Waals surface area contributed by atoms with E-state index in [0.717, 1.165) is 43.1 Å². The van der Waals surface area contributed by atoms with Gasteiger partial charge in [0.2, 0.25) is 0 Å². The second-order valence-electron chi connectivity index (χ2n) is 5.21. The van der Waals surface area contributed by atoms with E-state index in [1.54, 1.807) is 4.68 Å². The summed E-state index contributed by atoms with van der Waals surface area (Å²) in [5.74, 6) is -0.151. The van der Waals surface area contributed by atoms with E-state index in [1.165, 1.54) is 0 Å². The van der Waals surface area contributed by atoms with Crippen molar-refractivity contribution in [1.29, 1.82) is 0 Å². The van der Waals surface area contributed by atoms with Crippen LogP contribution in [-0.2, 0) is 9.53 Å². The number of unbranched alkanes of at least 4 members (excludes halogenated alkanes) is 2. The molecule has 1 atom stereocenters. The molecule has 2 aromatic rings. The summed E-state index contributed by atoms with van der Waals surface area (Å²) < 4.78 is 7.33. The minimum absolute atomic E-state index is 0.151. The third-order valence-electron chi connectivity index (χ3n) is 3.44. The van der Waals surface area contributed by atoms with Crippen LogP contribution in [-0.4, -0.2) is 21.0 Å². The Hall–Kier alpha value is -1.91. The number of nitrogens with zero attached hydrogens (tertiary/aromatic N) is 3. The monoisotopic (exact) mass is 289 g/mol. The van der Waals surface area contributed by atoms with Gasteiger partial charge in [0.1, 0.15) is 5.52 Å². The Morgan fingerprint density at radius 2 is 2.05 bits per heavy atom. The molecule has 0 aliphatic heterocycles. The average Bonchev–Trinajstić information content (AvgIpc) is 2.91. The van der Waals surface area contributed by atoms with Gasteiger partial charge in [-0.15, -0.1) is 5.10 Å². The zero-order valence-corrected chi connectivity index (χ0v) is 12.8.